The fraction of sp³-hybridized carbons (Fsp3) is 0.350. The molecule has 0 bridgehead atoms. The van der Waals surface area contributed by atoms with E-state index in [9.17, 15) is 18.3 Å². The lowest BCUT2D eigenvalue weighted by Crippen LogP contribution is -2.36. The number of hydrogen-bond acceptors (Lipinski definition) is 6. The summed E-state index contributed by atoms with van der Waals surface area (Å²) in [6.45, 7) is 5.26. The molecule has 0 heterocycles. The molecule has 2 aromatic rings. The number of aliphatic hydroxyl groups excluding tert-OH is 1. The summed E-state index contributed by atoms with van der Waals surface area (Å²) in [5.74, 6) is 0.0606. The second kappa shape index (κ2) is 9.55. The van der Waals surface area contributed by atoms with Gasteiger partial charge in [-0.2, -0.15) is 8.42 Å². The summed E-state index contributed by atoms with van der Waals surface area (Å²) in [5, 5.41) is 10.4. The zero-order valence-electron chi connectivity index (χ0n) is 16.9. The SMILES string of the molecule is CN(CC(O)c1ccc(OS(=O)(=O)c2ccc(Br)cc2Cl)cc1)C(=O)OC(C)(C)C. The molecule has 1 N–H and O–H groups in total. The summed E-state index contributed by atoms with van der Waals surface area (Å²) in [5.41, 5.74) is -0.157. The molecule has 0 aliphatic carbocycles. The number of carbonyl (C=O) groups excluding carboxylic acids is 1. The Bertz CT molecular complexity index is 1000. The maximum Gasteiger partial charge on any atom is 0.410 e. The van der Waals surface area contributed by atoms with Crippen molar-refractivity contribution in [3.63, 3.8) is 0 Å². The van der Waals surface area contributed by atoms with Gasteiger partial charge < -0.3 is 18.9 Å². The molecule has 10 heteroatoms. The number of rotatable bonds is 6. The van der Waals surface area contributed by atoms with E-state index in [0.717, 1.165) is 0 Å². The van der Waals surface area contributed by atoms with Crippen LogP contribution in [0.15, 0.2) is 51.8 Å². The normalized spacial score (nSPS) is 12.9. The molecular weight excluding hydrogens is 498 g/mol. The van der Waals surface area contributed by atoms with Gasteiger partial charge in [0.25, 0.3) is 0 Å². The van der Waals surface area contributed by atoms with E-state index in [2.05, 4.69) is 15.9 Å². The third kappa shape index (κ3) is 6.87. The average Bonchev–Trinajstić information content (AvgIpc) is 2.60. The highest BCUT2D eigenvalue weighted by Crippen LogP contribution is 2.28. The fourth-order valence-corrected chi connectivity index (χ4v) is 4.32. The first-order valence-corrected chi connectivity index (χ1v) is 11.5. The predicted octanol–water partition coefficient (Wildman–Crippen LogP) is 4.77. The lowest BCUT2D eigenvalue weighted by atomic mass is 10.1. The van der Waals surface area contributed by atoms with Gasteiger partial charge >= 0.3 is 16.2 Å². The molecular formula is C20H23BrClNO6S. The summed E-state index contributed by atoms with van der Waals surface area (Å²) in [6.07, 6.45) is -1.55. The summed E-state index contributed by atoms with van der Waals surface area (Å²) in [7, 11) is -2.61. The molecule has 0 aliphatic rings. The van der Waals surface area contributed by atoms with Gasteiger partial charge in [0.15, 0.2) is 0 Å². The Kier molecular flexibility index (Phi) is 7.79. The summed E-state index contributed by atoms with van der Waals surface area (Å²) >= 11 is 9.21. The van der Waals surface area contributed by atoms with Gasteiger partial charge in [0.1, 0.15) is 16.2 Å². The maximum atomic E-state index is 12.5. The number of nitrogens with zero attached hydrogens (tertiary/aromatic N) is 1. The van der Waals surface area contributed by atoms with Crippen molar-refractivity contribution >= 4 is 43.7 Å². The number of amides is 1. The lowest BCUT2D eigenvalue weighted by molar-refractivity contribution is 0.0205. The van der Waals surface area contributed by atoms with Crippen LogP contribution in [0.2, 0.25) is 5.02 Å². The summed E-state index contributed by atoms with van der Waals surface area (Å²) in [6, 6.07) is 10.2. The Hall–Kier alpha value is -1.81. The first kappa shape index (κ1) is 24.5. The molecule has 0 radical (unpaired) electrons. The van der Waals surface area contributed by atoms with E-state index in [-0.39, 0.29) is 22.2 Å². The van der Waals surface area contributed by atoms with Crippen LogP contribution in [0.25, 0.3) is 0 Å². The van der Waals surface area contributed by atoms with Crippen LogP contribution < -0.4 is 4.18 Å². The molecule has 2 rings (SSSR count). The fourth-order valence-electron chi connectivity index (χ4n) is 2.37. The van der Waals surface area contributed by atoms with Gasteiger partial charge in [-0.1, -0.05) is 39.7 Å². The Balaban J connectivity index is 2.06. The highest BCUT2D eigenvalue weighted by molar-refractivity contribution is 9.10. The van der Waals surface area contributed by atoms with Crippen molar-refractivity contribution in [3.05, 3.63) is 57.5 Å². The van der Waals surface area contributed by atoms with E-state index in [1.807, 2.05) is 0 Å². The molecule has 164 valence electrons. The lowest BCUT2D eigenvalue weighted by Gasteiger charge is -2.26. The van der Waals surface area contributed by atoms with E-state index >= 15 is 0 Å². The van der Waals surface area contributed by atoms with E-state index in [4.69, 9.17) is 20.5 Å². The molecule has 1 unspecified atom stereocenters. The van der Waals surface area contributed by atoms with Crippen molar-refractivity contribution in [3.8, 4) is 5.75 Å². The van der Waals surface area contributed by atoms with Crippen LogP contribution >= 0.6 is 27.5 Å². The number of likely N-dealkylation sites (N-methyl/N-ethyl adjacent to an activating group) is 1. The van der Waals surface area contributed by atoms with E-state index < -0.39 is 27.9 Å². The second-order valence-electron chi connectivity index (χ2n) is 7.56. The van der Waals surface area contributed by atoms with E-state index in [1.165, 1.54) is 48.3 Å². The molecule has 0 saturated heterocycles. The van der Waals surface area contributed by atoms with Crippen molar-refractivity contribution in [2.24, 2.45) is 0 Å². The van der Waals surface area contributed by atoms with Gasteiger partial charge in [-0.3, -0.25) is 0 Å². The van der Waals surface area contributed by atoms with Gasteiger partial charge in [0.2, 0.25) is 0 Å². The molecule has 0 aliphatic heterocycles. The van der Waals surface area contributed by atoms with Crippen LogP contribution in [0.1, 0.15) is 32.4 Å². The second-order valence-corrected chi connectivity index (χ2v) is 10.4. The molecule has 30 heavy (non-hydrogen) atoms. The van der Waals surface area contributed by atoms with Crippen LogP contribution in [-0.4, -0.2) is 43.7 Å². The number of ether oxygens (including phenoxy) is 1. The van der Waals surface area contributed by atoms with E-state index in [1.54, 1.807) is 26.8 Å². The summed E-state index contributed by atoms with van der Waals surface area (Å²) < 4.78 is 35.9. The topological polar surface area (TPSA) is 93.1 Å². The van der Waals surface area contributed by atoms with Gasteiger partial charge in [-0.15, -0.1) is 0 Å². The van der Waals surface area contributed by atoms with Crippen LogP contribution in [0.4, 0.5) is 4.79 Å². The third-order valence-electron chi connectivity index (χ3n) is 3.79. The minimum atomic E-state index is -4.13. The zero-order chi connectivity index (χ0) is 22.7. The maximum absolute atomic E-state index is 12.5. The van der Waals surface area contributed by atoms with Crippen molar-refractivity contribution in [2.75, 3.05) is 13.6 Å². The predicted molar refractivity (Wildman–Crippen MR) is 117 cm³/mol. The van der Waals surface area contributed by atoms with Crippen molar-refractivity contribution < 1.29 is 27.2 Å². The quantitative estimate of drug-likeness (QED) is 0.552. The highest BCUT2D eigenvalue weighted by atomic mass is 79.9. The van der Waals surface area contributed by atoms with Gasteiger partial charge in [-0.25, -0.2) is 4.79 Å². The van der Waals surface area contributed by atoms with Gasteiger partial charge in [0.05, 0.1) is 17.7 Å². The number of aliphatic hydroxyl groups is 1. The summed E-state index contributed by atoms with van der Waals surface area (Å²) in [4.78, 5) is 13.1. The van der Waals surface area contributed by atoms with Crippen LogP contribution in [0.5, 0.6) is 5.75 Å². The minimum absolute atomic E-state index is 0.00190. The molecule has 0 spiro atoms. The first-order chi connectivity index (χ1) is 13.8. The largest absolute Gasteiger partial charge is 0.444 e. The molecule has 1 atom stereocenters. The minimum Gasteiger partial charge on any atom is -0.444 e. The molecule has 2 aromatic carbocycles. The Morgan fingerprint density at radius 1 is 1.20 bits per heavy atom. The van der Waals surface area contributed by atoms with Crippen molar-refractivity contribution in [1.82, 2.24) is 4.90 Å². The number of halogens is 2. The third-order valence-corrected chi connectivity index (χ3v) is 6.01. The standard InChI is InChI=1S/C20H23BrClNO6S/c1-20(2,3)28-19(25)23(4)12-17(24)13-5-8-15(9-6-13)29-30(26,27)18-10-7-14(21)11-16(18)22/h5-11,17,24H,12H2,1-4H3. The molecule has 7 nitrogen and oxygen atoms in total. The van der Waals surface area contributed by atoms with Gasteiger partial charge in [0, 0.05) is 11.5 Å². The highest BCUT2D eigenvalue weighted by Gasteiger charge is 2.23. The Morgan fingerprint density at radius 2 is 1.80 bits per heavy atom. The van der Waals surface area contributed by atoms with Crippen LogP contribution in [0.3, 0.4) is 0 Å². The number of carbonyl (C=O) groups is 1. The molecule has 0 aromatic heterocycles. The Morgan fingerprint density at radius 3 is 2.33 bits per heavy atom. The zero-order valence-corrected chi connectivity index (χ0v) is 20.1. The van der Waals surface area contributed by atoms with Crippen LogP contribution in [-0.2, 0) is 14.9 Å². The van der Waals surface area contributed by atoms with Crippen LogP contribution in [0, 0.1) is 0 Å². The molecule has 0 saturated carbocycles. The van der Waals surface area contributed by atoms with Crippen molar-refractivity contribution in [1.29, 1.82) is 0 Å². The average molecular weight is 521 g/mol. The molecule has 1 amide bonds. The van der Waals surface area contributed by atoms with Gasteiger partial charge in [-0.05, 0) is 56.7 Å². The number of hydrogen-bond donors (Lipinski definition) is 1. The van der Waals surface area contributed by atoms with Crippen molar-refractivity contribution in [2.45, 2.75) is 37.4 Å². The monoisotopic (exact) mass is 519 g/mol. The Labute approximate surface area is 189 Å². The number of benzene rings is 2. The smallest absolute Gasteiger partial charge is 0.410 e. The first-order valence-electron chi connectivity index (χ1n) is 8.90. The molecule has 0 fully saturated rings. The van der Waals surface area contributed by atoms with E-state index in [0.29, 0.717) is 10.0 Å².